The Morgan fingerprint density at radius 1 is 1.04 bits per heavy atom. The van der Waals surface area contributed by atoms with Crippen molar-refractivity contribution in [3.8, 4) is 17.3 Å². The SMILES string of the molecule is Cc1cccc(C)c1NC(=O)CCSc1nc(-c2ccccc2)ccc1C#N. The zero-order chi connectivity index (χ0) is 19.9. The highest BCUT2D eigenvalue weighted by molar-refractivity contribution is 7.99. The highest BCUT2D eigenvalue weighted by Gasteiger charge is 2.11. The lowest BCUT2D eigenvalue weighted by molar-refractivity contribution is -0.115. The first-order chi connectivity index (χ1) is 13.6. The number of nitrogens with zero attached hydrogens (tertiary/aromatic N) is 2. The van der Waals surface area contributed by atoms with Crippen LogP contribution in [-0.4, -0.2) is 16.6 Å². The van der Waals surface area contributed by atoms with Gasteiger partial charge in [0.05, 0.1) is 11.3 Å². The molecule has 3 rings (SSSR count). The minimum atomic E-state index is -0.0392. The Kier molecular flexibility index (Phi) is 6.46. The lowest BCUT2D eigenvalue weighted by Crippen LogP contribution is -2.14. The number of aryl methyl sites for hydroxylation is 2. The topological polar surface area (TPSA) is 65.8 Å². The Morgan fingerprint density at radius 3 is 2.43 bits per heavy atom. The molecule has 0 aliphatic heterocycles. The average Bonchev–Trinajstić information content (AvgIpc) is 2.71. The average molecular weight is 388 g/mol. The molecular weight excluding hydrogens is 366 g/mol. The van der Waals surface area contributed by atoms with Crippen molar-refractivity contribution in [2.24, 2.45) is 0 Å². The summed E-state index contributed by atoms with van der Waals surface area (Å²) in [6.07, 6.45) is 0.348. The molecule has 0 aliphatic rings. The van der Waals surface area contributed by atoms with E-state index in [0.717, 1.165) is 28.1 Å². The number of carbonyl (C=O) groups excluding carboxylic acids is 1. The van der Waals surface area contributed by atoms with Gasteiger partial charge in [-0.25, -0.2) is 4.98 Å². The van der Waals surface area contributed by atoms with Crippen LogP contribution in [0.1, 0.15) is 23.1 Å². The molecule has 0 fully saturated rings. The van der Waals surface area contributed by atoms with Crippen molar-refractivity contribution in [3.05, 3.63) is 77.4 Å². The van der Waals surface area contributed by atoms with E-state index >= 15 is 0 Å². The second-order valence-corrected chi connectivity index (χ2v) is 7.52. The van der Waals surface area contributed by atoms with Crippen LogP contribution in [0.5, 0.6) is 0 Å². The molecule has 2 aromatic carbocycles. The number of nitriles is 1. The Balaban J connectivity index is 1.65. The monoisotopic (exact) mass is 387 g/mol. The number of carbonyl (C=O) groups is 1. The minimum absolute atomic E-state index is 0.0392. The van der Waals surface area contributed by atoms with Crippen molar-refractivity contribution in [1.29, 1.82) is 5.26 Å². The van der Waals surface area contributed by atoms with Crippen molar-refractivity contribution in [3.63, 3.8) is 0 Å². The van der Waals surface area contributed by atoms with Crippen molar-refractivity contribution in [2.75, 3.05) is 11.1 Å². The van der Waals surface area contributed by atoms with Crippen molar-refractivity contribution >= 4 is 23.4 Å². The van der Waals surface area contributed by atoms with Crippen molar-refractivity contribution in [2.45, 2.75) is 25.3 Å². The molecule has 1 heterocycles. The van der Waals surface area contributed by atoms with E-state index in [-0.39, 0.29) is 5.91 Å². The summed E-state index contributed by atoms with van der Waals surface area (Å²) in [6.45, 7) is 3.96. The second kappa shape index (κ2) is 9.20. The summed E-state index contributed by atoms with van der Waals surface area (Å²) < 4.78 is 0. The Labute approximate surface area is 169 Å². The fourth-order valence-corrected chi connectivity index (χ4v) is 3.77. The summed E-state index contributed by atoms with van der Waals surface area (Å²) in [5, 5.41) is 13.0. The molecule has 0 bridgehead atoms. The number of benzene rings is 2. The molecule has 1 N–H and O–H groups in total. The number of anilines is 1. The first kappa shape index (κ1) is 19.7. The number of para-hydroxylation sites is 1. The zero-order valence-electron chi connectivity index (χ0n) is 15.9. The third kappa shape index (κ3) is 4.79. The van der Waals surface area contributed by atoms with Gasteiger partial charge in [0.1, 0.15) is 11.1 Å². The fraction of sp³-hybridized carbons (Fsp3) is 0.174. The van der Waals surface area contributed by atoms with Crippen LogP contribution in [0.25, 0.3) is 11.3 Å². The van der Waals surface area contributed by atoms with Gasteiger partial charge < -0.3 is 5.32 Å². The van der Waals surface area contributed by atoms with Crippen LogP contribution in [0.2, 0.25) is 0 Å². The summed E-state index contributed by atoms with van der Waals surface area (Å²) in [6, 6.07) is 21.6. The van der Waals surface area contributed by atoms with E-state index in [1.807, 2.05) is 68.4 Å². The smallest absolute Gasteiger partial charge is 0.225 e. The number of hydrogen-bond acceptors (Lipinski definition) is 4. The molecule has 4 nitrogen and oxygen atoms in total. The Bertz CT molecular complexity index is 1010. The predicted molar refractivity (Wildman–Crippen MR) is 114 cm³/mol. The highest BCUT2D eigenvalue weighted by Crippen LogP contribution is 2.26. The first-order valence-corrected chi connectivity index (χ1v) is 10.0. The van der Waals surface area contributed by atoms with Gasteiger partial charge in [-0.2, -0.15) is 5.26 Å². The van der Waals surface area contributed by atoms with Gasteiger partial charge in [-0.05, 0) is 37.1 Å². The van der Waals surface area contributed by atoms with E-state index < -0.39 is 0 Å². The molecule has 0 aliphatic carbocycles. The van der Waals surface area contributed by atoms with E-state index in [2.05, 4.69) is 16.4 Å². The highest BCUT2D eigenvalue weighted by atomic mass is 32.2. The van der Waals surface area contributed by atoms with Gasteiger partial charge in [-0.15, -0.1) is 11.8 Å². The number of pyridine rings is 1. The number of rotatable bonds is 6. The van der Waals surface area contributed by atoms with E-state index in [0.29, 0.717) is 22.8 Å². The van der Waals surface area contributed by atoms with E-state index in [4.69, 9.17) is 0 Å². The number of amides is 1. The Hall–Kier alpha value is -3.10. The first-order valence-electron chi connectivity index (χ1n) is 9.04. The van der Waals surface area contributed by atoms with Gasteiger partial charge in [0.2, 0.25) is 5.91 Å². The quantitative estimate of drug-likeness (QED) is 0.578. The molecule has 0 atom stereocenters. The molecule has 5 heteroatoms. The van der Waals surface area contributed by atoms with Gasteiger partial charge in [-0.3, -0.25) is 4.79 Å². The predicted octanol–water partition coefficient (Wildman–Crippen LogP) is 5.36. The summed E-state index contributed by atoms with van der Waals surface area (Å²) in [7, 11) is 0. The van der Waals surface area contributed by atoms with Crippen LogP contribution in [0.3, 0.4) is 0 Å². The molecule has 1 aromatic heterocycles. The third-order valence-corrected chi connectivity index (χ3v) is 5.36. The standard InChI is InChI=1S/C23H21N3OS/c1-16-7-6-8-17(2)22(16)26-21(27)13-14-28-23-19(15-24)11-12-20(25-23)18-9-4-3-5-10-18/h3-12H,13-14H2,1-2H3,(H,26,27). The van der Waals surface area contributed by atoms with Crippen LogP contribution in [0.4, 0.5) is 5.69 Å². The van der Waals surface area contributed by atoms with Crippen LogP contribution < -0.4 is 5.32 Å². The van der Waals surface area contributed by atoms with Crippen LogP contribution in [-0.2, 0) is 4.79 Å². The maximum atomic E-state index is 12.3. The lowest BCUT2D eigenvalue weighted by atomic mass is 10.1. The molecule has 0 radical (unpaired) electrons. The number of hydrogen-bond donors (Lipinski definition) is 1. The van der Waals surface area contributed by atoms with E-state index in [1.165, 1.54) is 11.8 Å². The third-order valence-electron chi connectivity index (χ3n) is 4.36. The molecule has 28 heavy (non-hydrogen) atoms. The number of thioether (sulfide) groups is 1. The normalized spacial score (nSPS) is 10.3. The lowest BCUT2D eigenvalue weighted by Gasteiger charge is -2.11. The van der Waals surface area contributed by atoms with Gasteiger partial charge in [0, 0.05) is 23.4 Å². The minimum Gasteiger partial charge on any atom is -0.326 e. The van der Waals surface area contributed by atoms with Gasteiger partial charge in [0.25, 0.3) is 0 Å². The number of aromatic nitrogens is 1. The molecule has 0 saturated carbocycles. The van der Waals surface area contributed by atoms with Gasteiger partial charge in [0.15, 0.2) is 0 Å². The van der Waals surface area contributed by atoms with E-state index in [9.17, 15) is 10.1 Å². The van der Waals surface area contributed by atoms with Crippen LogP contribution >= 0.6 is 11.8 Å². The fourth-order valence-electron chi connectivity index (χ4n) is 2.86. The van der Waals surface area contributed by atoms with Crippen molar-refractivity contribution in [1.82, 2.24) is 4.98 Å². The van der Waals surface area contributed by atoms with E-state index in [1.54, 1.807) is 6.07 Å². The van der Waals surface area contributed by atoms with Crippen LogP contribution in [0, 0.1) is 25.2 Å². The number of nitrogens with one attached hydrogen (secondary N) is 1. The summed E-state index contributed by atoms with van der Waals surface area (Å²) >= 11 is 1.43. The van der Waals surface area contributed by atoms with Gasteiger partial charge in [-0.1, -0.05) is 48.5 Å². The molecule has 3 aromatic rings. The zero-order valence-corrected chi connectivity index (χ0v) is 16.7. The Morgan fingerprint density at radius 2 is 1.75 bits per heavy atom. The van der Waals surface area contributed by atoms with Crippen LogP contribution in [0.15, 0.2) is 65.7 Å². The molecule has 1 amide bonds. The molecule has 0 spiro atoms. The largest absolute Gasteiger partial charge is 0.326 e. The van der Waals surface area contributed by atoms with Crippen molar-refractivity contribution < 1.29 is 4.79 Å². The summed E-state index contributed by atoms with van der Waals surface area (Å²) in [5.74, 6) is 0.513. The summed E-state index contributed by atoms with van der Waals surface area (Å²) in [4.78, 5) is 17.0. The molecular formula is C23H21N3OS. The van der Waals surface area contributed by atoms with Gasteiger partial charge >= 0.3 is 0 Å². The second-order valence-electron chi connectivity index (χ2n) is 6.44. The molecule has 0 unspecified atom stereocenters. The maximum absolute atomic E-state index is 12.3. The molecule has 0 saturated heterocycles. The molecule has 140 valence electrons. The summed E-state index contributed by atoms with van der Waals surface area (Å²) in [5.41, 5.74) is 5.32. The maximum Gasteiger partial charge on any atom is 0.225 e.